The van der Waals surface area contributed by atoms with Gasteiger partial charge in [0.1, 0.15) is 5.60 Å². The van der Waals surface area contributed by atoms with Crippen LogP contribution >= 0.6 is 15.9 Å². The first-order valence-corrected chi connectivity index (χ1v) is 6.37. The van der Waals surface area contributed by atoms with Gasteiger partial charge in [-0.05, 0) is 48.8 Å². The lowest BCUT2D eigenvalue weighted by Gasteiger charge is -2.19. The molecule has 18 heavy (non-hydrogen) atoms. The maximum atomic E-state index is 13.4. The van der Waals surface area contributed by atoms with Crippen LogP contribution in [-0.2, 0) is 9.53 Å². The van der Waals surface area contributed by atoms with E-state index in [0.717, 1.165) is 0 Å². The van der Waals surface area contributed by atoms with Crippen molar-refractivity contribution in [3.63, 3.8) is 0 Å². The summed E-state index contributed by atoms with van der Waals surface area (Å²) in [5.74, 6) is -0.718. The Bertz CT molecular complexity index is 406. The largest absolute Gasteiger partial charge is 0.489 e. The molecule has 0 bridgehead atoms. The predicted molar refractivity (Wildman–Crippen MR) is 70.1 cm³/mol. The van der Waals surface area contributed by atoms with Gasteiger partial charge < -0.3 is 9.47 Å². The number of esters is 1. The molecule has 0 aliphatic carbocycles. The van der Waals surface area contributed by atoms with E-state index in [9.17, 15) is 9.18 Å². The average Bonchev–Trinajstić information content (AvgIpc) is 2.19. The van der Waals surface area contributed by atoms with Crippen LogP contribution in [0.5, 0.6) is 5.75 Å². The number of rotatable bonds is 4. The van der Waals surface area contributed by atoms with E-state index in [1.807, 2.05) is 0 Å². The number of para-hydroxylation sites is 1. The smallest absolute Gasteiger partial charge is 0.309 e. The van der Waals surface area contributed by atoms with Crippen LogP contribution in [0.25, 0.3) is 0 Å². The van der Waals surface area contributed by atoms with Gasteiger partial charge in [-0.2, -0.15) is 0 Å². The molecule has 3 nitrogen and oxygen atoms in total. The van der Waals surface area contributed by atoms with E-state index in [2.05, 4.69) is 15.9 Å². The summed E-state index contributed by atoms with van der Waals surface area (Å²) in [6.45, 7) is 5.45. The lowest BCUT2D eigenvalue weighted by molar-refractivity contribution is -0.155. The molecule has 0 spiro atoms. The maximum absolute atomic E-state index is 13.4. The minimum absolute atomic E-state index is 0.0778. The summed E-state index contributed by atoms with van der Waals surface area (Å²) in [4.78, 5) is 11.4. The molecule has 0 aromatic heterocycles. The van der Waals surface area contributed by atoms with E-state index in [1.54, 1.807) is 32.9 Å². The zero-order valence-electron chi connectivity index (χ0n) is 10.6. The van der Waals surface area contributed by atoms with Gasteiger partial charge in [0, 0.05) is 0 Å². The topological polar surface area (TPSA) is 35.5 Å². The summed E-state index contributed by atoms with van der Waals surface area (Å²) in [6.07, 6.45) is 0.0814. The van der Waals surface area contributed by atoms with E-state index < -0.39 is 11.4 Å². The normalized spacial score (nSPS) is 11.2. The third-order valence-corrected chi connectivity index (χ3v) is 2.52. The second-order valence-corrected chi connectivity index (χ2v) is 5.59. The molecule has 1 rings (SSSR count). The van der Waals surface area contributed by atoms with E-state index in [4.69, 9.17) is 9.47 Å². The van der Waals surface area contributed by atoms with Crippen molar-refractivity contribution in [3.05, 3.63) is 28.5 Å². The van der Waals surface area contributed by atoms with Crippen molar-refractivity contribution in [1.82, 2.24) is 0 Å². The van der Waals surface area contributed by atoms with Crippen LogP contribution in [0.4, 0.5) is 4.39 Å². The molecular formula is C13H16BrFO3. The Morgan fingerprint density at radius 1 is 1.39 bits per heavy atom. The van der Waals surface area contributed by atoms with Crippen LogP contribution in [0.1, 0.15) is 27.2 Å². The van der Waals surface area contributed by atoms with Crippen LogP contribution in [-0.4, -0.2) is 18.2 Å². The van der Waals surface area contributed by atoms with Gasteiger partial charge in [-0.3, -0.25) is 4.79 Å². The molecular weight excluding hydrogens is 303 g/mol. The molecule has 0 aliphatic rings. The van der Waals surface area contributed by atoms with Crippen LogP contribution in [0.3, 0.4) is 0 Å². The minimum atomic E-state index is -0.518. The molecule has 0 unspecified atom stereocenters. The third kappa shape index (κ3) is 5.04. The Labute approximate surface area is 114 Å². The van der Waals surface area contributed by atoms with Crippen molar-refractivity contribution < 1.29 is 18.7 Å². The Morgan fingerprint density at radius 2 is 2.06 bits per heavy atom. The molecule has 0 fully saturated rings. The first-order valence-electron chi connectivity index (χ1n) is 5.58. The fourth-order valence-corrected chi connectivity index (χ4v) is 1.71. The fraction of sp³-hybridized carbons (Fsp3) is 0.462. The zero-order valence-corrected chi connectivity index (χ0v) is 12.2. The van der Waals surface area contributed by atoms with Crippen LogP contribution in [0, 0.1) is 5.82 Å². The highest BCUT2D eigenvalue weighted by Gasteiger charge is 2.16. The fourth-order valence-electron chi connectivity index (χ4n) is 1.25. The highest BCUT2D eigenvalue weighted by molar-refractivity contribution is 9.10. The second-order valence-electron chi connectivity index (χ2n) is 4.74. The van der Waals surface area contributed by atoms with Crippen molar-refractivity contribution in [2.75, 3.05) is 6.61 Å². The lowest BCUT2D eigenvalue weighted by atomic mass is 10.2. The number of ether oxygens (including phenoxy) is 2. The van der Waals surface area contributed by atoms with E-state index in [-0.39, 0.29) is 24.7 Å². The monoisotopic (exact) mass is 318 g/mol. The number of carbonyl (C=O) groups excluding carboxylic acids is 1. The molecule has 0 amide bonds. The lowest BCUT2D eigenvalue weighted by Crippen LogP contribution is -2.24. The summed E-state index contributed by atoms with van der Waals surface area (Å²) >= 11 is 3.18. The summed E-state index contributed by atoms with van der Waals surface area (Å²) < 4.78 is 24.2. The summed E-state index contributed by atoms with van der Waals surface area (Å²) in [6, 6.07) is 4.54. The Hall–Kier alpha value is -1.10. The number of hydrogen-bond donors (Lipinski definition) is 0. The molecule has 1 aromatic rings. The molecule has 0 radical (unpaired) electrons. The quantitative estimate of drug-likeness (QED) is 0.794. The molecule has 0 saturated heterocycles. The van der Waals surface area contributed by atoms with Crippen molar-refractivity contribution in [2.45, 2.75) is 32.8 Å². The van der Waals surface area contributed by atoms with E-state index in [0.29, 0.717) is 4.47 Å². The minimum Gasteiger partial charge on any atom is -0.489 e. The molecule has 0 N–H and O–H groups in total. The van der Waals surface area contributed by atoms with Gasteiger partial charge in [-0.1, -0.05) is 6.07 Å². The van der Waals surface area contributed by atoms with Crippen LogP contribution in [0.2, 0.25) is 0 Å². The van der Waals surface area contributed by atoms with Gasteiger partial charge in [0.05, 0.1) is 17.5 Å². The molecule has 0 aliphatic heterocycles. The average molecular weight is 319 g/mol. The van der Waals surface area contributed by atoms with Gasteiger partial charge in [0.2, 0.25) is 0 Å². The van der Waals surface area contributed by atoms with Crippen molar-refractivity contribution in [2.24, 2.45) is 0 Å². The number of hydrogen-bond acceptors (Lipinski definition) is 3. The Kier molecular flexibility index (Phi) is 5.14. The summed E-state index contributed by atoms with van der Waals surface area (Å²) in [5.41, 5.74) is -0.518. The van der Waals surface area contributed by atoms with E-state index in [1.165, 1.54) is 6.07 Å². The van der Waals surface area contributed by atoms with Crippen molar-refractivity contribution in [1.29, 1.82) is 0 Å². The van der Waals surface area contributed by atoms with Gasteiger partial charge in [0.15, 0.2) is 11.6 Å². The van der Waals surface area contributed by atoms with Gasteiger partial charge in [0.25, 0.3) is 0 Å². The molecule has 0 heterocycles. The Morgan fingerprint density at radius 3 is 2.61 bits per heavy atom. The second kappa shape index (κ2) is 6.18. The van der Waals surface area contributed by atoms with Gasteiger partial charge >= 0.3 is 5.97 Å². The highest BCUT2D eigenvalue weighted by atomic mass is 79.9. The van der Waals surface area contributed by atoms with Crippen molar-refractivity contribution in [3.8, 4) is 5.75 Å². The number of carbonyl (C=O) groups is 1. The van der Waals surface area contributed by atoms with Crippen LogP contribution < -0.4 is 4.74 Å². The van der Waals surface area contributed by atoms with E-state index >= 15 is 0 Å². The Balaban J connectivity index is 2.45. The summed E-state index contributed by atoms with van der Waals surface area (Å²) in [7, 11) is 0. The third-order valence-electron chi connectivity index (χ3n) is 1.89. The van der Waals surface area contributed by atoms with Gasteiger partial charge in [-0.15, -0.1) is 0 Å². The molecule has 0 atom stereocenters. The van der Waals surface area contributed by atoms with Crippen LogP contribution in [0.15, 0.2) is 22.7 Å². The first-order chi connectivity index (χ1) is 8.29. The standard InChI is InChI=1S/C13H16BrFO3/c1-13(2,3)18-11(16)7-8-17-12-9(14)5-4-6-10(12)15/h4-6H,7-8H2,1-3H3. The molecule has 1 aromatic carbocycles. The molecule has 5 heteroatoms. The number of benzene rings is 1. The summed E-state index contributed by atoms with van der Waals surface area (Å²) in [5, 5.41) is 0. The van der Waals surface area contributed by atoms with Crippen molar-refractivity contribution >= 4 is 21.9 Å². The van der Waals surface area contributed by atoms with Gasteiger partial charge in [-0.25, -0.2) is 4.39 Å². The molecule has 100 valence electrons. The maximum Gasteiger partial charge on any atom is 0.309 e. The zero-order chi connectivity index (χ0) is 13.8. The number of halogens is 2. The highest BCUT2D eigenvalue weighted by Crippen LogP contribution is 2.27. The molecule has 0 saturated carbocycles. The predicted octanol–water partition coefficient (Wildman–Crippen LogP) is 3.70. The first kappa shape index (κ1) is 15.0. The SMILES string of the molecule is CC(C)(C)OC(=O)CCOc1c(F)cccc1Br.